The number of hydrogen-bond acceptors (Lipinski definition) is 7. The molecule has 4 amide bonds. The van der Waals surface area contributed by atoms with Crippen LogP contribution in [-0.4, -0.2) is 48.4 Å². The Morgan fingerprint density at radius 1 is 0.733 bits per heavy atom. The molecular weight excluding hydrogens is 570 g/mol. The monoisotopic (exact) mass is 601 g/mol. The maximum absolute atomic E-state index is 15.0. The third-order valence-corrected chi connectivity index (χ3v) is 9.26. The van der Waals surface area contributed by atoms with Gasteiger partial charge >= 0.3 is 6.03 Å². The fraction of sp³-hybridized carbons (Fsp3) is 0.229. The van der Waals surface area contributed by atoms with Crippen LogP contribution in [0.15, 0.2) is 97.1 Å². The van der Waals surface area contributed by atoms with Crippen molar-refractivity contribution >= 4 is 46.3 Å². The number of barbiturate groups is 1. The zero-order valence-electron chi connectivity index (χ0n) is 24.9. The Bertz CT molecular complexity index is 1770. The molecule has 4 aromatic rings. The van der Waals surface area contributed by atoms with Crippen LogP contribution >= 0.6 is 0 Å². The number of non-ortho nitro benzene ring substituents is 1. The minimum absolute atomic E-state index is 0.0938. The second kappa shape index (κ2) is 10.6. The molecule has 0 N–H and O–H groups in total. The molecule has 45 heavy (non-hydrogen) atoms. The van der Waals surface area contributed by atoms with E-state index in [0.29, 0.717) is 36.6 Å². The van der Waals surface area contributed by atoms with Crippen LogP contribution in [0.1, 0.15) is 16.7 Å². The minimum atomic E-state index is -1.76. The molecule has 10 heteroatoms. The molecule has 2 saturated heterocycles. The summed E-state index contributed by atoms with van der Waals surface area (Å²) in [5, 5.41) is 11.8. The molecule has 3 heterocycles. The van der Waals surface area contributed by atoms with E-state index in [2.05, 4.69) is 4.90 Å². The topological polar surface area (TPSA) is 107 Å². The average molecular weight is 602 g/mol. The van der Waals surface area contributed by atoms with Crippen LogP contribution in [0, 0.1) is 29.4 Å². The van der Waals surface area contributed by atoms with Crippen molar-refractivity contribution in [3.63, 3.8) is 0 Å². The number of nitro benzene ring substituents is 1. The summed E-state index contributed by atoms with van der Waals surface area (Å²) in [6, 6.07) is 27.1. The Labute approximate surface area is 260 Å². The number of urea groups is 1. The first-order chi connectivity index (χ1) is 21.7. The molecule has 7 rings (SSSR count). The molecule has 4 aromatic carbocycles. The SMILES string of the molecule is Cc1ccc(N2C(=O)N(c3ccc(C)cc3)C(=O)C3(Cc4cc([N+](=O)[O-])ccc4N4CCN(c5ccccc5)CC43)C2=O)cc1. The van der Waals surface area contributed by atoms with Gasteiger partial charge in [0, 0.05) is 49.6 Å². The van der Waals surface area contributed by atoms with E-state index in [1.807, 2.05) is 73.3 Å². The van der Waals surface area contributed by atoms with Gasteiger partial charge in [0.05, 0.1) is 22.3 Å². The van der Waals surface area contributed by atoms with Gasteiger partial charge in [-0.3, -0.25) is 19.7 Å². The van der Waals surface area contributed by atoms with Crippen LogP contribution in [0.3, 0.4) is 0 Å². The van der Waals surface area contributed by atoms with E-state index in [-0.39, 0.29) is 12.1 Å². The molecule has 0 aromatic heterocycles. The van der Waals surface area contributed by atoms with E-state index >= 15 is 9.59 Å². The van der Waals surface area contributed by atoms with E-state index < -0.39 is 34.2 Å². The van der Waals surface area contributed by atoms with Crippen molar-refractivity contribution in [1.82, 2.24) is 0 Å². The fourth-order valence-electron chi connectivity index (χ4n) is 6.94. The van der Waals surface area contributed by atoms with Gasteiger partial charge in [-0.15, -0.1) is 0 Å². The third-order valence-electron chi connectivity index (χ3n) is 9.26. The number of piperazine rings is 1. The second-order valence-electron chi connectivity index (χ2n) is 11.9. The molecular formula is C35H31N5O5. The van der Waals surface area contributed by atoms with Crippen LogP contribution in [0.2, 0.25) is 0 Å². The van der Waals surface area contributed by atoms with Gasteiger partial charge in [0.1, 0.15) is 0 Å². The molecule has 3 aliphatic heterocycles. The summed E-state index contributed by atoms with van der Waals surface area (Å²) in [7, 11) is 0. The van der Waals surface area contributed by atoms with Gasteiger partial charge < -0.3 is 9.80 Å². The molecule has 10 nitrogen and oxygen atoms in total. The average Bonchev–Trinajstić information content (AvgIpc) is 3.05. The smallest absolute Gasteiger partial charge is 0.342 e. The lowest BCUT2D eigenvalue weighted by Gasteiger charge is -2.56. The normalized spacial score (nSPS) is 19.1. The summed E-state index contributed by atoms with van der Waals surface area (Å²) in [6.07, 6.45) is -0.0938. The first-order valence-corrected chi connectivity index (χ1v) is 14.9. The van der Waals surface area contributed by atoms with Gasteiger partial charge in [-0.2, -0.15) is 0 Å². The molecule has 1 spiro atoms. The second-order valence-corrected chi connectivity index (χ2v) is 11.9. The highest BCUT2D eigenvalue weighted by atomic mass is 16.6. The molecule has 2 fully saturated rings. The molecule has 1 unspecified atom stereocenters. The lowest BCUT2D eigenvalue weighted by atomic mass is 9.67. The number of benzene rings is 4. The van der Waals surface area contributed by atoms with Gasteiger partial charge in [-0.05, 0) is 61.9 Å². The highest BCUT2D eigenvalue weighted by Gasteiger charge is 2.65. The van der Waals surface area contributed by atoms with Crippen molar-refractivity contribution in [3.05, 3.63) is 124 Å². The number of anilines is 4. The Hall–Kier alpha value is -5.51. The fourth-order valence-corrected chi connectivity index (χ4v) is 6.94. The standard InChI is InChI=1S/C35H31N5O5/c1-23-8-12-27(13-9-23)38-32(41)35(33(42)39(34(38)43)28-14-10-24(2)11-15-28)21-25-20-29(40(44)45)16-17-30(25)37-19-18-36(22-31(35)37)26-6-4-3-5-7-26/h3-17,20,31H,18-19,21-22H2,1-2H3. The predicted octanol–water partition coefficient (Wildman–Crippen LogP) is 5.65. The van der Waals surface area contributed by atoms with Gasteiger partial charge in [0.25, 0.3) is 17.5 Å². The third kappa shape index (κ3) is 4.44. The van der Waals surface area contributed by atoms with Gasteiger partial charge in [0.15, 0.2) is 5.41 Å². The largest absolute Gasteiger partial charge is 0.368 e. The maximum atomic E-state index is 15.0. The number of carbonyl (C=O) groups is 3. The van der Waals surface area contributed by atoms with Crippen LogP contribution in [0.25, 0.3) is 0 Å². The minimum Gasteiger partial charge on any atom is -0.368 e. The quantitative estimate of drug-likeness (QED) is 0.169. The Kier molecular flexibility index (Phi) is 6.65. The molecule has 0 radical (unpaired) electrons. The lowest BCUT2D eigenvalue weighted by Crippen LogP contribution is -2.76. The van der Waals surface area contributed by atoms with Crippen molar-refractivity contribution < 1.29 is 19.3 Å². The lowest BCUT2D eigenvalue weighted by molar-refractivity contribution is -0.384. The van der Waals surface area contributed by atoms with Gasteiger partial charge in [-0.25, -0.2) is 14.6 Å². The Morgan fingerprint density at radius 3 is 1.87 bits per heavy atom. The number of rotatable bonds is 4. The zero-order chi connectivity index (χ0) is 31.5. The molecule has 226 valence electrons. The van der Waals surface area contributed by atoms with Crippen molar-refractivity contribution in [2.24, 2.45) is 5.41 Å². The first kappa shape index (κ1) is 28.3. The van der Waals surface area contributed by atoms with E-state index in [9.17, 15) is 14.9 Å². The van der Waals surface area contributed by atoms with E-state index in [1.165, 1.54) is 12.1 Å². The van der Waals surface area contributed by atoms with Crippen molar-refractivity contribution in [2.75, 3.05) is 39.2 Å². The summed E-state index contributed by atoms with van der Waals surface area (Å²) < 4.78 is 0. The number of nitro groups is 1. The molecule has 3 aliphatic rings. The highest BCUT2D eigenvalue weighted by Crippen LogP contribution is 2.49. The highest BCUT2D eigenvalue weighted by molar-refractivity contribution is 6.39. The van der Waals surface area contributed by atoms with Crippen molar-refractivity contribution in [1.29, 1.82) is 0 Å². The van der Waals surface area contributed by atoms with Crippen LogP contribution in [-0.2, 0) is 16.0 Å². The number of amides is 4. The summed E-state index contributed by atoms with van der Waals surface area (Å²) in [5.41, 5.74) is 2.96. The number of para-hydroxylation sites is 1. The summed E-state index contributed by atoms with van der Waals surface area (Å²) in [6.45, 7) is 5.23. The van der Waals surface area contributed by atoms with E-state index in [4.69, 9.17) is 0 Å². The number of hydrogen-bond donors (Lipinski definition) is 0. The van der Waals surface area contributed by atoms with Crippen LogP contribution in [0.4, 0.5) is 33.2 Å². The number of carbonyl (C=O) groups excluding carboxylic acids is 3. The van der Waals surface area contributed by atoms with Crippen molar-refractivity contribution in [3.8, 4) is 0 Å². The Morgan fingerprint density at radius 2 is 1.31 bits per heavy atom. The van der Waals surface area contributed by atoms with Gasteiger partial charge in [-0.1, -0.05) is 53.6 Å². The molecule has 0 aliphatic carbocycles. The Balaban J connectivity index is 1.46. The maximum Gasteiger partial charge on any atom is 0.342 e. The van der Waals surface area contributed by atoms with E-state index in [1.54, 1.807) is 30.3 Å². The number of imide groups is 2. The van der Waals surface area contributed by atoms with E-state index in [0.717, 1.165) is 32.3 Å². The van der Waals surface area contributed by atoms with Gasteiger partial charge in [0.2, 0.25) is 0 Å². The summed E-state index contributed by atoms with van der Waals surface area (Å²) in [4.78, 5) is 62.1. The molecule has 0 bridgehead atoms. The van der Waals surface area contributed by atoms with Crippen molar-refractivity contribution in [2.45, 2.75) is 26.3 Å². The van der Waals surface area contributed by atoms with Crippen LogP contribution in [0.5, 0.6) is 0 Å². The summed E-state index contributed by atoms with van der Waals surface area (Å²) >= 11 is 0. The van der Waals surface area contributed by atoms with Crippen LogP contribution < -0.4 is 19.6 Å². The number of nitrogens with zero attached hydrogens (tertiary/aromatic N) is 5. The predicted molar refractivity (Wildman–Crippen MR) is 172 cm³/mol. The molecule has 1 atom stereocenters. The molecule has 0 saturated carbocycles. The zero-order valence-corrected chi connectivity index (χ0v) is 24.9. The first-order valence-electron chi connectivity index (χ1n) is 14.9. The summed E-state index contributed by atoms with van der Waals surface area (Å²) in [5.74, 6) is -1.27. The number of aryl methyl sites for hydroxylation is 2. The number of fused-ring (bicyclic) bond motifs is 4.